The number of hydrogen-bond donors (Lipinski definition) is 6. The maximum absolute atomic E-state index is 13.1. The van der Waals surface area contributed by atoms with Crippen molar-refractivity contribution in [3.63, 3.8) is 0 Å². The highest BCUT2D eigenvalue weighted by molar-refractivity contribution is 5.93. The van der Waals surface area contributed by atoms with Crippen molar-refractivity contribution in [2.45, 2.75) is 64.1 Å². The summed E-state index contributed by atoms with van der Waals surface area (Å²) in [4.78, 5) is 49.5. The molecule has 0 aliphatic rings. The molecule has 0 saturated carbocycles. The summed E-state index contributed by atoms with van der Waals surface area (Å²) >= 11 is 0. The van der Waals surface area contributed by atoms with E-state index in [0.717, 1.165) is 5.56 Å². The van der Waals surface area contributed by atoms with Gasteiger partial charge < -0.3 is 32.5 Å². The van der Waals surface area contributed by atoms with Gasteiger partial charge in [-0.1, -0.05) is 50.6 Å². The molecule has 8 N–H and O–H groups in total. The van der Waals surface area contributed by atoms with E-state index in [1.807, 2.05) is 37.3 Å². The second-order valence-corrected chi connectivity index (χ2v) is 8.07. The first-order chi connectivity index (χ1) is 15.7. The predicted octanol–water partition coefficient (Wildman–Crippen LogP) is -0.0981. The van der Waals surface area contributed by atoms with Crippen molar-refractivity contribution in [3.8, 4) is 0 Å². The van der Waals surface area contributed by atoms with Gasteiger partial charge in [-0.15, -0.1) is 0 Å². The largest absolute Gasteiger partial charge is 0.480 e. The van der Waals surface area contributed by atoms with Gasteiger partial charge in [-0.05, 0) is 37.3 Å². The van der Waals surface area contributed by atoms with Crippen LogP contribution in [0.5, 0.6) is 0 Å². The molecule has 10 nitrogen and oxygen atoms in total. The number of nitrogens with two attached hydrogens (primary N) is 2. The molecule has 0 aliphatic heterocycles. The van der Waals surface area contributed by atoms with Crippen LogP contribution in [0, 0.1) is 5.92 Å². The zero-order valence-corrected chi connectivity index (χ0v) is 19.4. The quantitative estimate of drug-likeness (QED) is 0.197. The third-order valence-electron chi connectivity index (χ3n) is 5.47. The number of hydrogen-bond acceptors (Lipinski definition) is 6. The van der Waals surface area contributed by atoms with Gasteiger partial charge in [0.25, 0.3) is 0 Å². The number of carbonyl (C=O) groups is 4. The molecule has 0 saturated heterocycles. The molecule has 10 heteroatoms. The zero-order valence-electron chi connectivity index (χ0n) is 19.4. The number of amides is 3. The number of aliphatic carboxylic acids is 1. The number of carboxylic acid groups (broad SMARTS) is 1. The molecule has 0 fully saturated rings. The van der Waals surface area contributed by atoms with Gasteiger partial charge in [0.05, 0.1) is 6.54 Å². The maximum Gasteiger partial charge on any atom is 0.326 e. The Balaban J connectivity index is 2.99. The minimum absolute atomic E-state index is 0.212. The van der Waals surface area contributed by atoms with Gasteiger partial charge in [0, 0.05) is 6.42 Å². The number of unbranched alkanes of at least 4 members (excludes halogenated alkanes) is 1. The number of carboxylic acids is 1. The molecule has 0 radical (unpaired) electrons. The van der Waals surface area contributed by atoms with Crippen molar-refractivity contribution < 1.29 is 24.3 Å². The number of carbonyl (C=O) groups excluding carboxylic acids is 3. The van der Waals surface area contributed by atoms with Gasteiger partial charge in [-0.25, -0.2) is 4.79 Å². The van der Waals surface area contributed by atoms with Crippen molar-refractivity contribution in [2.75, 3.05) is 13.1 Å². The van der Waals surface area contributed by atoms with E-state index in [9.17, 15) is 24.3 Å². The van der Waals surface area contributed by atoms with Gasteiger partial charge in [-0.3, -0.25) is 14.4 Å². The first-order valence-corrected chi connectivity index (χ1v) is 11.3. The minimum Gasteiger partial charge on any atom is -0.480 e. The fourth-order valence-electron chi connectivity index (χ4n) is 3.28. The van der Waals surface area contributed by atoms with E-state index in [-0.39, 0.29) is 25.3 Å². The van der Waals surface area contributed by atoms with Crippen LogP contribution in [0.3, 0.4) is 0 Å². The Morgan fingerprint density at radius 2 is 1.61 bits per heavy atom. The Bertz CT molecular complexity index is 774. The molecule has 0 heterocycles. The Morgan fingerprint density at radius 1 is 0.939 bits per heavy atom. The molecule has 0 spiro atoms. The van der Waals surface area contributed by atoms with E-state index < -0.39 is 41.8 Å². The minimum atomic E-state index is -1.15. The second-order valence-electron chi connectivity index (χ2n) is 8.07. The molecule has 1 aromatic carbocycles. The van der Waals surface area contributed by atoms with Gasteiger partial charge in [0.1, 0.15) is 18.1 Å². The van der Waals surface area contributed by atoms with Crippen LogP contribution in [0.2, 0.25) is 0 Å². The number of nitrogens with one attached hydrogen (secondary N) is 3. The molecule has 33 heavy (non-hydrogen) atoms. The molecule has 184 valence electrons. The third-order valence-corrected chi connectivity index (χ3v) is 5.47. The highest BCUT2D eigenvalue weighted by atomic mass is 16.4. The fraction of sp³-hybridized carbons (Fsp3) is 0.565. The Hall–Kier alpha value is -2.98. The molecule has 1 aromatic rings. The molecule has 1 rings (SSSR count). The number of rotatable bonds is 15. The van der Waals surface area contributed by atoms with Crippen LogP contribution in [0.25, 0.3) is 0 Å². The van der Waals surface area contributed by atoms with Crippen LogP contribution in [0.15, 0.2) is 30.3 Å². The molecule has 4 unspecified atom stereocenters. The average Bonchev–Trinajstić information content (AvgIpc) is 2.81. The second kappa shape index (κ2) is 15.0. The van der Waals surface area contributed by atoms with Gasteiger partial charge in [0.2, 0.25) is 17.7 Å². The molecule has 0 aliphatic carbocycles. The van der Waals surface area contributed by atoms with Crippen molar-refractivity contribution in [1.29, 1.82) is 0 Å². The van der Waals surface area contributed by atoms with Crippen molar-refractivity contribution >= 4 is 23.7 Å². The Morgan fingerprint density at radius 3 is 2.15 bits per heavy atom. The Kier molecular flexibility index (Phi) is 12.7. The molecular weight excluding hydrogens is 426 g/mol. The average molecular weight is 464 g/mol. The van der Waals surface area contributed by atoms with Crippen LogP contribution in [0.1, 0.15) is 45.1 Å². The van der Waals surface area contributed by atoms with E-state index in [1.54, 1.807) is 6.92 Å². The summed E-state index contributed by atoms with van der Waals surface area (Å²) in [5.41, 5.74) is 11.7. The number of benzene rings is 1. The smallest absolute Gasteiger partial charge is 0.326 e. The van der Waals surface area contributed by atoms with Gasteiger partial charge in [0.15, 0.2) is 0 Å². The fourth-order valence-corrected chi connectivity index (χ4v) is 3.28. The van der Waals surface area contributed by atoms with Crippen LogP contribution < -0.4 is 27.4 Å². The lowest BCUT2D eigenvalue weighted by atomic mass is 9.96. The van der Waals surface area contributed by atoms with Crippen LogP contribution in [0.4, 0.5) is 0 Å². The molecular formula is C23H37N5O5. The van der Waals surface area contributed by atoms with E-state index in [0.29, 0.717) is 25.8 Å². The zero-order chi connectivity index (χ0) is 24.8. The highest BCUT2D eigenvalue weighted by Gasteiger charge is 2.32. The lowest BCUT2D eigenvalue weighted by molar-refractivity contribution is -0.143. The first kappa shape index (κ1) is 28.1. The third kappa shape index (κ3) is 10.0. The lowest BCUT2D eigenvalue weighted by Gasteiger charge is -2.27. The lowest BCUT2D eigenvalue weighted by Crippen LogP contribution is -2.58. The van der Waals surface area contributed by atoms with Crippen molar-refractivity contribution in [3.05, 3.63) is 35.9 Å². The summed E-state index contributed by atoms with van der Waals surface area (Å²) in [7, 11) is 0. The first-order valence-electron chi connectivity index (χ1n) is 11.3. The molecule has 0 aromatic heterocycles. The predicted molar refractivity (Wildman–Crippen MR) is 125 cm³/mol. The summed E-state index contributed by atoms with van der Waals surface area (Å²) in [6.07, 6.45) is 2.22. The summed E-state index contributed by atoms with van der Waals surface area (Å²) in [5, 5.41) is 17.3. The molecule has 0 bridgehead atoms. The maximum atomic E-state index is 13.1. The Labute approximate surface area is 194 Å². The van der Waals surface area contributed by atoms with E-state index in [1.165, 1.54) is 0 Å². The molecule has 3 amide bonds. The summed E-state index contributed by atoms with van der Waals surface area (Å²) < 4.78 is 0. The van der Waals surface area contributed by atoms with Crippen LogP contribution in [-0.4, -0.2) is 60.0 Å². The van der Waals surface area contributed by atoms with Crippen LogP contribution in [-0.2, 0) is 25.6 Å². The van der Waals surface area contributed by atoms with E-state index >= 15 is 0 Å². The standard InChI is InChI=1S/C23H37N5O5/c1-3-15(2)20(22(31)27-17(23(32)33)11-7-8-12-24)28-21(30)18(26-19(29)14-25)13-16-9-5-4-6-10-16/h4-6,9-10,15,17-18,20H,3,7-8,11-14,24-25H2,1-2H3,(H,26,29)(H,27,31)(H,28,30)(H,32,33). The van der Waals surface area contributed by atoms with Crippen LogP contribution >= 0.6 is 0 Å². The topological polar surface area (TPSA) is 177 Å². The van der Waals surface area contributed by atoms with E-state index in [4.69, 9.17) is 11.5 Å². The van der Waals surface area contributed by atoms with Crippen molar-refractivity contribution in [1.82, 2.24) is 16.0 Å². The SMILES string of the molecule is CCC(C)C(NC(=O)C(Cc1ccccc1)NC(=O)CN)C(=O)NC(CCCCN)C(=O)O. The van der Waals surface area contributed by atoms with E-state index in [2.05, 4.69) is 16.0 Å². The van der Waals surface area contributed by atoms with Gasteiger partial charge in [-0.2, -0.15) is 0 Å². The molecule has 4 atom stereocenters. The normalized spacial score (nSPS) is 14.4. The monoisotopic (exact) mass is 463 g/mol. The van der Waals surface area contributed by atoms with Crippen molar-refractivity contribution in [2.24, 2.45) is 17.4 Å². The van der Waals surface area contributed by atoms with Gasteiger partial charge >= 0.3 is 5.97 Å². The summed E-state index contributed by atoms with van der Waals surface area (Å²) in [5.74, 6) is -3.04. The summed E-state index contributed by atoms with van der Waals surface area (Å²) in [6, 6.07) is 6.15. The highest BCUT2D eigenvalue weighted by Crippen LogP contribution is 2.11. The summed E-state index contributed by atoms with van der Waals surface area (Å²) in [6.45, 7) is 3.81.